The van der Waals surface area contributed by atoms with E-state index >= 15 is 0 Å². The summed E-state index contributed by atoms with van der Waals surface area (Å²) < 4.78 is 16.7. The Labute approximate surface area is 394 Å². The van der Waals surface area contributed by atoms with Crippen molar-refractivity contribution in [1.82, 2.24) is 0 Å². The smallest absolute Gasteiger partial charge is 0.306 e. The third-order valence-corrected chi connectivity index (χ3v) is 10.8. The zero-order valence-electron chi connectivity index (χ0n) is 41.5. The third kappa shape index (κ3) is 49.3. The molecular weight excluding hydrogens is 793 g/mol. The van der Waals surface area contributed by atoms with Crippen molar-refractivity contribution < 1.29 is 28.6 Å². The lowest BCUT2D eigenvalue weighted by molar-refractivity contribution is -0.166. The van der Waals surface area contributed by atoms with Crippen LogP contribution in [0.5, 0.6) is 0 Å². The molecule has 1 atom stereocenters. The van der Waals surface area contributed by atoms with E-state index in [0.29, 0.717) is 19.3 Å². The second-order valence-corrected chi connectivity index (χ2v) is 17.1. The molecule has 0 aliphatic carbocycles. The molecule has 6 heteroatoms. The van der Waals surface area contributed by atoms with Crippen molar-refractivity contribution in [3.8, 4) is 0 Å². The zero-order valence-corrected chi connectivity index (χ0v) is 41.5. The first-order chi connectivity index (χ1) is 31.5. The average Bonchev–Trinajstić information content (AvgIpc) is 3.29. The van der Waals surface area contributed by atoms with Gasteiger partial charge in [-0.05, 0) is 89.9 Å². The Bertz CT molecular complexity index is 1300. The van der Waals surface area contributed by atoms with E-state index < -0.39 is 6.10 Å². The van der Waals surface area contributed by atoms with Gasteiger partial charge in [0.25, 0.3) is 0 Å². The minimum atomic E-state index is -0.810. The summed E-state index contributed by atoms with van der Waals surface area (Å²) in [6, 6.07) is 0. The van der Waals surface area contributed by atoms with Crippen molar-refractivity contribution in [3.05, 3.63) is 97.2 Å². The molecule has 0 N–H and O–H groups in total. The summed E-state index contributed by atoms with van der Waals surface area (Å²) >= 11 is 0. The number of allylic oxidation sites excluding steroid dienone is 16. The van der Waals surface area contributed by atoms with E-state index in [4.69, 9.17) is 14.2 Å². The second-order valence-electron chi connectivity index (χ2n) is 17.1. The van der Waals surface area contributed by atoms with Gasteiger partial charge in [0.2, 0.25) is 0 Å². The number of carbonyl (C=O) groups excluding carboxylic acids is 3. The first-order valence-electron chi connectivity index (χ1n) is 26.2. The molecule has 0 aliphatic heterocycles. The van der Waals surface area contributed by atoms with Crippen molar-refractivity contribution in [2.75, 3.05) is 13.2 Å². The summed E-state index contributed by atoms with van der Waals surface area (Å²) in [7, 11) is 0. The highest BCUT2D eigenvalue weighted by Gasteiger charge is 2.19. The van der Waals surface area contributed by atoms with Crippen LogP contribution in [-0.4, -0.2) is 37.2 Å². The van der Waals surface area contributed by atoms with Gasteiger partial charge in [-0.1, -0.05) is 221 Å². The highest BCUT2D eigenvalue weighted by molar-refractivity contribution is 5.71. The molecule has 0 bridgehead atoms. The molecule has 0 aromatic carbocycles. The molecule has 0 rings (SSSR count). The Hall–Kier alpha value is -3.67. The van der Waals surface area contributed by atoms with E-state index in [1.165, 1.54) is 96.3 Å². The van der Waals surface area contributed by atoms with Gasteiger partial charge in [0.1, 0.15) is 13.2 Å². The quantitative estimate of drug-likeness (QED) is 0.0262. The lowest BCUT2D eigenvalue weighted by atomic mass is 10.1. The highest BCUT2D eigenvalue weighted by atomic mass is 16.6. The molecular formula is C58H96O6. The normalized spacial score (nSPS) is 12.9. The van der Waals surface area contributed by atoms with Gasteiger partial charge >= 0.3 is 17.9 Å². The van der Waals surface area contributed by atoms with Crippen LogP contribution in [0.25, 0.3) is 0 Å². The van der Waals surface area contributed by atoms with E-state index in [0.717, 1.165) is 89.9 Å². The number of carbonyl (C=O) groups is 3. The van der Waals surface area contributed by atoms with E-state index in [1.807, 2.05) is 6.08 Å². The monoisotopic (exact) mass is 889 g/mol. The molecule has 0 aromatic rings. The Morgan fingerprint density at radius 2 is 0.641 bits per heavy atom. The minimum Gasteiger partial charge on any atom is -0.462 e. The molecule has 364 valence electrons. The summed E-state index contributed by atoms with van der Waals surface area (Å²) in [5.74, 6) is -1.00. The molecule has 0 amide bonds. The van der Waals surface area contributed by atoms with E-state index in [2.05, 4.69) is 112 Å². The van der Waals surface area contributed by atoms with E-state index in [-0.39, 0.29) is 37.5 Å². The molecule has 0 radical (unpaired) electrons. The molecule has 0 saturated heterocycles. The summed E-state index contributed by atoms with van der Waals surface area (Å²) in [5.41, 5.74) is 0. The zero-order chi connectivity index (χ0) is 46.5. The topological polar surface area (TPSA) is 78.9 Å². The van der Waals surface area contributed by atoms with Crippen molar-refractivity contribution in [2.45, 2.75) is 239 Å². The molecule has 0 aromatic heterocycles. The van der Waals surface area contributed by atoms with Crippen LogP contribution in [0.15, 0.2) is 97.2 Å². The van der Waals surface area contributed by atoms with Crippen LogP contribution in [0.2, 0.25) is 0 Å². The molecule has 64 heavy (non-hydrogen) atoms. The van der Waals surface area contributed by atoms with Crippen molar-refractivity contribution in [1.29, 1.82) is 0 Å². The number of unbranched alkanes of at least 4 members (excludes halogenated alkanes) is 19. The van der Waals surface area contributed by atoms with E-state index in [1.54, 1.807) is 0 Å². The number of hydrogen-bond acceptors (Lipinski definition) is 6. The highest BCUT2D eigenvalue weighted by Crippen LogP contribution is 2.14. The van der Waals surface area contributed by atoms with Crippen LogP contribution in [0.1, 0.15) is 233 Å². The minimum absolute atomic E-state index is 0.103. The first kappa shape index (κ1) is 60.3. The average molecular weight is 889 g/mol. The summed E-state index contributed by atoms with van der Waals surface area (Å²) in [5, 5.41) is 0. The van der Waals surface area contributed by atoms with Gasteiger partial charge in [-0.15, -0.1) is 0 Å². The van der Waals surface area contributed by atoms with Crippen molar-refractivity contribution in [3.63, 3.8) is 0 Å². The van der Waals surface area contributed by atoms with Gasteiger partial charge in [-0.25, -0.2) is 0 Å². The van der Waals surface area contributed by atoms with E-state index in [9.17, 15) is 14.4 Å². The number of hydrogen-bond donors (Lipinski definition) is 0. The summed E-state index contributed by atoms with van der Waals surface area (Å²) in [6.45, 7) is 6.41. The second kappa shape index (κ2) is 52.0. The summed E-state index contributed by atoms with van der Waals surface area (Å²) in [4.78, 5) is 37.9. The third-order valence-electron chi connectivity index (χ3n) is 10.8. The van der Waals surface area contributed by atoms with Crippen LogP contribution >= 0.6 is 0 Å². The lowest BCUT2D eigenvalue weighted by Crippen LogP contribution is -2.30. The molecule has 0 fully saturated rings. The van der Waals surface area contributed by atoms with Crippen LogP contribution in [0.3, 0.4) is 0 Å². The Morgan fingerprint density at radius 1 is 0.328 bits per heavy atom. The molecule has 0 heterocycles. The Morgan fingerprint density at radius 3 is 1.08 bits per heavy atom. The molecule has 0 spiro atoms. The van der Waals surface area contributed by atoms with Gasteiger partial charge in [-0.2, -0.15) is 0 Å². The van der Waals surface area contributed by atoms with Gasteiger partial charge in [-0.3, -0.25) is 14.4 Å². The fourth-order valence-corrected chi connectivity index (χ4v) is 6.91. The van der Waals surface area contributed by atoms with Gasteiger partial charge in [0.05, 0.1) is 0 Å². The van der Waals surface area contributed by atoms with Crippen molar-refractivity contribution in [2.24, 2.45) is 0 Å². The van der Waals surface area contributed by atoms with Crippen LogP contribution in [0.4, 0.5) is 0 Å². The van der Waals surface area contributed by atoms with Gasteiger partial charge < -0.3 is 14.2 Å². The number of esters is 3. The Balaban J connectivity index is 4.48. The number of rotatable bonds is 46. The number of ether oxygens (including phenoxy) is 3. The van der Waals surface area contributed by atoms with Crippen LogP contribution in [-0.2, 0) is 28.6 Å². The van der Waals surface area contributed by atoms with Crippen LogP contribution < -0.4 is 0 Å². The van der Waals surface area contributed by atoms with Crippen LogP contribution in [0, 0.1) is 0 Å². The fourth-order valence-electron chi connectivity index (χ4n) is 6.91. The molecule has 6 nitrogen and oxygen atoms in total. The Kier molecular flexibility index (Phi) is 49.0. The molecule has 1 unspecified atom stereocenters. The van der Waals surface area contributed by atoms with Crippen molar-refractivity contribution >= 4 is 17.9 Å². The maximum Gasteiger partial charge on any atom is 0.306 e. The molecule has 0 aliphatic rings. The largest absolute Gasteiger partial charge is 0.462 e. The predicted molar refractivity (Wildman–Crippen MR) is 274 cm³/mol. The standard InChI is InChI=1S/C58H96O6/c1-4-7-10-13-16-19-22-24-26-28-29-31-32-34-36-39-42-45-48-51-57(60)63-54-55(53-62-56(59)50-47-44-41-38-21-18-15-12-9-6-3)64-58(61)52-49-46-43-40-37-35-33-30-27-25-23-20-17-14-11-8-5-2/h7,10,16-17,19-20,24-27,29,31,34,36,42,45,55H,4-6,8-9,11-15,18,21-23,28,30,32-33,35,37-41,43-44,46-54H2,1-3H3/b10-7-,19-16-,20-17-,26-24-,27-25-,31-29-,36-34-,45-42-. The first-order valence-corrected chi connectivity index (χ1v) is 26.2. The predicted octanol–water partition coefficient (Wildman–Crippen LogP) is 17.4. The van der Waals surface area contributed by atoms with Gasteiger partial charge in [0, 0.05) is 19.3 Å². The van der Waals surface area contributed by atoms with Gasteiger partial charge in [0.15, 0.2) is 6.10 Å². The summed E-state index contributed by atoms with van der Waals surface area (Å²) in [6.07, 6.45) is 68.3. The maximum atomic E-state index is 12.8. The SMILES string of the molecule is CC/C=C\C/C=C\C/C=C\C/C=C\C/C=C\C/C=C\CCC(=O)OCC(COC(=O)CCCCCCCCCCCC)OC(=O)CCCCCCCCC/C=C\C/C=C\CCCCC. The fraction of sp³-hybridized carbons (Fsp3) is 0.672. The lowest BCUT2D eigenvalue weighted by Gasteiger charge is -2.18. The molecule has 0 saturated carbocycles. The maximum absolute atomic E-state index is 12.8.